The third-order valence-electron chi connectivity index (χ3n) is 5.46. The van der Waals surface area contributed by atoms with Gasteiger partial charge in [0.15, 0.2) is 0 Å². The van der Waals surface area contributed by atoms with Gasteiger partial charge in [0.25, 0.3) is 0 Å². The first kappa shape index (κ1) is 11.8. The molecule has 2 aliphatic rings. The summed E-state index contributed by atoms with van der Waals surface area (Å²) >= 11 is 0. The van der Waals surface area contributed by atoms with Crippen LogP contribution in [0.1, 0.15) is 115 Å². The normalized spacial score (nSPS) is 42.6. The Balaban J connectivity index is 1.72. The number of likely N-dealkylation sites (tertiary alicyclic amines) is 1. The lowest BCUT2D eigenvalue weighted by atomic mass is 9.78. The van der Waals surface area contributed by atoms with Gasteiger partial charge in [-0.25, -0.2) is 0 Å². The van der Waals surface area contributed by atoms with Gasteiger partial charge in [0.2, 0.25) is 0 Å². The summed E-state index contributed by atoms with van der Waals surface area (Å²) in [6.45, 7) is -4.00. The molecule has 2 aromatic rings. The minimum absolute atomic E-state index is 0.0373. The van der Waals surface area contributed by atoms with Crippen LogP contribution in [0, 0.1) is 5.89 Å². The Hall–Kier alpha value is -2.34. The molecule has 1 aliphatic carbocycles. The van der Waals surface area contributed by atoms with Crippen molar-refractivity contribution < 1.29 is 41.3 Å². The smallest absolute Gasteiger partial charge is 0.391 e. The van der Waals surface area contributed by atoms with Gasteiger partial charge < -0.3 is 4.84 Å². The predicted molar refractivity (Wildman–Crippen MR) is 135 cm³/mol. The Morgan fingerprint density at radius 3 is 2.57 bits per heavy atom. The maximum atomic E-state index is 14.6. The molecule has 1 saturated carbocycles. The highest BCUT2D eigenvalue weighted by Crippen LogP contribution is 2.42. The fourth-order valence-electron chi connectivity index (χ4n) is 3.52. The summed E-state index contributed by atoms with van der Waals surface area (Å²) in [4.78, 5) is 5.95. The number of hydrogen-bond donors (Lipinski definition) is 0. The molecule has 0 radical (unpaired) electrons. The van der Waals surface area contributed by atoms with E-state index in [0.29, 0.717) is 42.2 Å². The fraction of sp³-hybridized carbons (Fsp3) is 0.552. The number of oxime groups is 1. The van der Waals surface area contributed by atoms with Gasteiger partial charge in [0.1, 0.15) is 6.56 Å². The second-order valence-electron chi connectivity index (χ2n) is 7.95. The summed E-state index contributed by atoms with van der Waals surface area (Å²) in [5.74, 6) is -7.19. The molecule has 0 unspecified atom stereocenters. The van der Waals surface area contributed by atoms with E-state index >= 15 is 0 Å². The van der Waals surface area contributed by atoms with Crippen LogP contribution in [0.15, 0.2) is 41.6 Å². The van der Waals surface area contributed by atoms with E-state index in [1.165, 1.54) is 13.0 Å². The van der Waals surface area contributed by atoms with Gasteiger partial charge >= 0.3 is 6.18 Å². The van der Waals surface area contributed by atoms with Crippen LogP contribution in [0.4, 0.5) is 13.2 Å². The third kappa shape index (κ3) is 6.46. The molecule has 35 heavy (non-hydrogen) atoms. The highest BCUT2D eigenvalue weighted by molar-refractivity contribution is 5.98. The van der Waals surface area contributed by atoms with E-state index < -0.39 is 86.1 Å². The fourth-order valence-corrected chi connectivity index (χ4v) is 3.52. The van der Waals surface area contributed by atoms with E-state index in [2.05, 4.69) is 5.16 Å². The molecule has 1 saturated heterocycles. The first-order valence-electron chi connectivity index (χ1n) is 19.5. The van der Waals surface area contributed by atoms with E-state index in [4.69, 9.17) is 28.1 Å². The number of rotatable bonds is 8. The zero-order chi connectivity index (χ0) is 40.3. The van der Waals surface area contributed by atoms with E-state index in [1.807, 2.05) is 0 Å². The Kier molecular flexibility index (Phi) is 3.76. The lowest BCUT2D eigenvalue weighted by Crippen LogP contribution is -2.36. The monoisotopic (exact) mass is 503 g/mol. The van der Waals surface area contributed by atoms with Crippen molar-refractivity contribution in [2.24, 2.45) is 11.0 Å². The van der Waals surface area contributed by atoms with Gasteiger partial charge in [0.05, 0.1) is 14.0 Å². The van der Waals surface area contributed by atoms with E-state index in [0.717, 1.165) is 4.90 Å². The Morgan fingerprint density at radius 1 is 1.14 bits per heavy atom. The van der Waals surface area contributed by atoms with Crippen molar-refractivity contribution in [1.82, 2.24) is 4.90 Å². The summed E-state index contributed by atoms with van der Waals surface area (Å²) in [6.07, 6.45) is -22.1. The summed E-state index contributed by atoms with van der Waals surface area (Å²) in [7, 11) is 0. The first-order chi connectivity index (χ1) is 23.1. The Bertz CT molecular complexity index is 1710. The molecular formula is C29H37F3N2O. The number of nitrogens with zero attached hydrogens (tertiary/aromatic N) is 2. The van der Waals surface area contributed by atoms with Gasteiger partial charge in [-0.1, -0.05) is 56.0 Å². The summed E-state index contributed by atoms with van der Waals surface area (Å²) in [6, 6.07) is 5.80. The molecule has 1 aliphatic heterocycles. The summed E-state index contributed by atoms with van der Waals surface area (Å²) < 4.78 is 185. The molecule has 0 aromatic heterocycles. The summed E-state index contributed by atoms with van der Waals surface area (Å²) in [5.41, 5.74) is -2.78. The number of aryl methyl sites for hydroxylation is 1. The van der Waals surface area contributed by atoms with Gasteiger partial charge in [-0.05, 0) is 97.2 Å². The van der Waals surface area contributed by atoms with Crippen molar-refractivity contribution in [2.45, 2.75) is 84.3 Å². The minimum Gasteiger partial charge on any atom is -0.391 e. The SMILES string of the molecule is [2H]C1C([2H])([2H])N(Cc2ccc(/C(C)=N/OC([2H])([2H])c3ccc(C4([2H])C([2H])([2H])C([2H])([2H])C([2H])(C)C([2H])([2H])C4([2H])[2H])c(C(F)(F)F)c3)cc2CC)C1([2H])[2H]. The van der Waals surface area contributed by atoms with Crippen molar-refractivity contribution >= 4 is 5.71 Å². The molecule has 2 aromatic carbocycles. The average Bonchev–Trinajstić information content (AvgIpc) is 3.03. The highest BCUT2D eigenvalue weighted by Gasteiger charge is 2.36. The maximum Gasteiger partial charge on any atom is 0.416 e. The quantitative estimate of drug-likeness (QED) is 0.272. The second-order valence-corrected chi connectivity index (χ2v) is 7.95. The van der Waals surface area contributed by atoms with Gasteiger partial charge in [-0.15, -0.1) is 0 Å². The lowest BCUT2D eigenvalue weighted by Gasteiger charge is -2.31. The van der Waals surface area contributed by atoms with Crippen molar-refractivity contribution in [3.8, 4) is 0 Å². The molecule has 1 heterocycles. The molecule has 0 N–H and O–H groups in total. The van der Waals surface area contributed by atoms with Crippen LogP contribution in [0.5, 0.6) is 0 Å². The van der Waals surface area contributed by atoms with E-state index in [-0.39, 0.29) is 18.3 Å². The van der Waals surface area contributed by atoms with Crippen LogP contribution in [-0.4, -0.2) is 23.6 Å². The van der Waals surface area contributed by atoms with Crippen LogP contribution >= 0.6 is 0 Å². The topological polar surface area (TPSA) is 24.8 Å². The largest absolute Gasteiger partial charge is 0.416 e. The van der Waals surface area contributed by atoms with Crippen LogP contribution < -0.4 is 0 Å². The molecule has 0 atom stereocenters. The second kappa shape index (κ2) is 11.2. The van der Waals surface area contributed by atoms with Gasteiger partial charge in [0, 0.05) is 27.1 Å². The van der Waals surface area contributed by atoms with Crippen molar-refractivity contribution in [1.29, 1.82) is 0 Å². The number of halogens is 3. The zero-order valence-electron chi connectivity index (χ0n) is 36.4. The molecule has 6 heteroatoms. The predicted octanol–water partition coefficient (Wildman–Crippen LogP) is 7.71. The Labute approximate surface area is 231 Å². The van der Waals surface area contributed by atoms with Crippen molar-refractivity contribution in [3.05, 3.63) is 69.8 Å². The average molecular weight is 504 g/mol. The first-order valence-corrected chi connectivity index (χ1v) is 10.9. The Morgan fingerprint density at radius 2 is 1.89 bits per heavy atom. The minimum atomic E-state index is -5.53. The zero-order valence-corrected chi connectivity index (χ0v) is 19.4. The highest BCUT2D eigenvalue weighted by atomic mass is 19.4. The van der Waals surface area contributed by atoms with Crippen molar-refractivity contribution in [2.75, 3.05) is 13.0 Å². The van der Waals surface area contributed by atoms with Gasteiger partial charge in [-0.2, -0.15) is 13.2 Å². The van der Waals surface area contributed by atoms with Crippen LogP contribution in [0.2, 0.25) is 0 Å². The molecule has 0 amide bonds. The van der Waals surface area contributed by atoms with Gasteiger partial charge in [-0.3, -0.25) is 4.90 Å². The molecule has 3 nitrogen and oxygen atoms in total. The van der Waals surface area contributed by atoms with E-state index in [1.54, 1.807) is 19.1 Å². The third-order valence-corrected chi connectivity index (χ3v) is 5.46. The molecule has 190 valence electrons. The van der Waals surface area contributed by atoms with Crippen LogP contribution in [0.3, 0.4) is 0 Å². The van der Waals surface area contributed by atoms with Crippen molar-refractivity contribution in [3.63, 3.8) is 0 Å². The summed E-state index contributed by atoms with van der Waals surface area (Å²) in [5, 5.41) is 3.74. The number of alkyl halides is 3. The molecule has 0 bridgehead atoms. The standard InChI is InChI=1S/C29H37F3N2O/c1-4-23-17-25(11-12-26(23)18-34-14-5-15-34)21(3)33-35-19-22-8-13-27(28(16-22)29(30,31)32)24-9-6-20(2)7-10-24/h8,11-13,16-17,20,24H,4-7,9-10,14-15,18-19H2,1-3H3/b33-21+/i5D,6D2,7D2,9D2,10D2,14D2,15D2,19D2,20D,24D. The number of hydrogen-bond acceptors (Lipinski definition) is 3. The molecule has 4 rings (SSSR count). The molecule has 0 spiro atoms. The van der Waals surface area contributed by atoms with E-state index in [9.17, 15) is 13.2 Å². The molecular weight excluding hydrogens is 449 g/mol. The number of benzene rings is 2. The molecule has 2 fully saturated rings. The van der Waals surface area contributed by atoms with Crippen LogP contribution in [-0.2, 0) is 30.5 Å². The van der Waals surface area contributed by atoms with Crippen LogP contribution in [0.25, 0.3) is 0 Å². The maximum absolute atomic E-state index is 14.6. The lowest BCUT2D eigenvalue weighted by molar-refractivity contribution is -0.138.